The molecule has 1 aromatic heterocycles. The minimum Gasteiger partial charge on any atom is -0.341 e. The first-order valence-corrected chi connectivity index (χ1v) is 6.61. The number of nitrogens with one attached hydrogen (secondary N) is 1. The number of aromatic nitrogens is 2. The van der Waals surface area contributed by atoms with E-state index in [0.717, 1.165) is 23.3 Å². The van der Waals surface area contributed by atoms with Crippen molar-refractivity contribution in [3.8, 4) is 0 Å². The maximum Gasteiger partial charge on any atom is 0.116 e. The van der Waals surface area contributed by atoms with E-state index in [2.05, 4.69) is 35.3 Å². The van der Waals surface area contributed by atoms with E-state index >= 15 is 0 Å². The zero-order valence-electron chi connectivity index (χ0n) is 10.5. The highest BCUT2D eigenvalue weighted by Gasteiger charge is 2.32. The average Bonchev–Trinajstić information content (AvgIpc) is 2.97. The van der Waals surface area contributed by atoms with Gasteiger partial charge in [-0.05, 0) is 29.7 Å². The number of hydrogen-bond acceptors (Lipinski definition) is 2. The van der Waals surface area contributed by atoms with Crippen LogP contribution in [0.25, 0.3) is 11.0 Å². The molecule has 3 aromatic rings. The number of nitrogens with two attached hydrogens (primary N) is 1. The second kappa shape index (κ2) is 3.93. The Balaban J connectivity index is 1.87. The topological polar surface area (TPSA) is 54.7 Å². The quantitative estimate of drug-likeness (QED) is 0.696. The fourth-order valence-corrected chi connectivity index (χ4v) is 3.10. The van der Waals surface area contributed by atoms with Crippen molar-refractivity contribution in [3.63, 3.8) is 0 Å². The molecule has 1 heterocycles. The summed E-state index contributed by atoms with van der Waals surface area (Å²) in [6.45, 7) is 0. The number of benzene rings is 2. The van der Waals surface area contributed by atoms with Crippen molar-refractivity contribution >= 4 is 11.0 Å². The van der Waals surface area contributed by atoms with E-state index in [9.17, 15) is 0 Å². The molecule has 3 N–H and O–H groups in total. The molecule has 0 saturated heterocycles. The Morgan fingerprint density at radius 2 is 1.84 bits per heavy atom. The van der Waals surface area contributed by atoms with Crippen molar-refractivity contribution in [2.45, 2.75) is 18.4 Å². The molecule has 1 aliphatic carbocycles. The SMILES string of the molecule is NC1Cc2ccccc2C1c1nc2ccccc2[nH]1. The highest BCUT2D eigenvalue weighted by atomic mass is 14.9. The Morgan fingerprint density at radius 1 is 1.05 bits per heavy atom. The summed E-state index contributed by atoms with van der Waals surface area (Å²) in [7, 11) is 0. The predicted molar refractivity (Wildman–Crippen MR) is 76.1 cm³/mol. The minimum absolute atomic E-state index is 0.109. The van der Waals surface area contributed by atoms with Gasteiger partial charge in [-0.1, -0.05) is 36.4 Å². The van der Waals surface area contributed by atoms with Crippen LogP contribution in [0.4, 0.5) is 0 Å². The van der Waals surface area contributed by atoms with Gasteiger partial charge in [0.1, 0.15) is 5.82 Å². The summed E-state index contributed by atoms with van der Waals surface area (Å²) < 4.78 is 0. The second-order valence-electron chi connectivity index (χ2n) is 5.18. The molecule has 0 spiro atoms. The van der Waals surface area contributed by atoms with Gasteiger partial charge in [0, 0.05) is 6.04 Å². The van der Waals surface area contributed by atoms with Crippen molar-refractivity contribution < 1.29 is 0 Å². The van der Waals surface area contributed by atoms with Gasteiger partial charge in [0.25, 0.3) is 0 Å². The van der Waals surface area contributed by atoms with E-state index in [1.54, 1.807) is 0 Å². The molecule has 0 radical (unpaired) electrons. The molecule has 0 aliphatic heterocycles. The van der Waals surface area contributed by atoms with Crippen molar-refractivity contribution in [3.05, 3.63) is 65.5 Å². The van der Waals surface area contributed by atoms with Crippen LogP contribution >= 0.6 is 0 Å². The molecule has 19 heavy (non-hydrogen) atoms. The molecule has 2 atom stereocenters. The predicted octanol–water partition coefficient (Wildman–Crippen LogP) is 2.58. The zero-order valence-corrected chi connectivity index (χ0v) is 10.5. The van der Waals surface area contributed by atoms with E-state index in [1.807, 2.05) is 18.2 Å². The summed E-state index contributed by atoms with van der Waals surface area (Å²) in [6, 6.07) is 16.7. The summed E-state index contributed by atoms with van der Waals surface area (Å²) in [5.41, 5.74) is 11.1. The smallest absolute Gasteiger partial charge is 0.116 e. The van der Waals surface area contributed by atoms with Gasteiger partial charge in [0.05, 0.1) is 17.0 Å². The summed E-state index contributed by atoms with van der Waals surface area (Å²) in [4.78, 5) is 8.13. The van der Waals surface area contributed by atoms with Crippen LogP contribution in [-0.4, -0.2) is 16.0 Å². The van der Waals surface area contributed by atoms with Gasteiger partial charge in [-0.2, -0.15) is 0 Å². The third-order valence-electron chi connectivity index (χ3n) is 3.98. The number of imidazole rings is 1. The molecule has 2 aromatic carbocycles. The molecule has 0 bridgehead atoms. The van der Waals surface area contributed by atoms with Gasteiger partial charge < -0.3 is 10.7 Å². The standard InChI is InChI=1S/C16H15N3/c17-12-9-10-5-1-2-6-11(10)15(12)16-18-13-7-3-4-8-14(13)19-16/h1-8,12,15H,9,17H2,(H,18,19). The molecule has 4 rings (SSSR count). The van der Waals surface area contributed by atoms with Crippen LogP contribution in [0, 0.1) is 0 Å². The number of fused-ring (bicyclic) bond motifs is 2. The highest BCUT2D eigenvalue weighted by Crippen LogP contribution is 2.36. The maximum atomic E-state index is 6.32. The first-order valence-electron chi connectivity index (χ1n) is 6.61. The number of para-hydroxylation sites is 2. The Morgan fingerprint density at radius 3 is 2.74 bits per heavy atom. The number of aromatic amines is 1. The molecule has 2 unspecified atom stereocenters. The largest absolute Gasteiger partial charge is 0.341 e. The normalized spacial score (nSPS) is 21.7. The maximum absolute atomic E-state index is 6.32. The van der Waals surface area contributed by atoms with Crippen LogP contribution < -0.4 is 5.73 Å². The van der Waals surface area contributed by atoms with Gasteiger partial charge >= 0.3 is 0 Å². The van der Waals surface area contributed by atoms with E-state index in [1.165, 1.54) is 11.1 Å². The lowest BCUT2D eigenvalue weighted by atomic mass is 9.98. The molecule has 0 amide bonds. The lowest BCUT2D eigenvalue weighted by Crippen LogP contribution is -2.26. The van der Waals surface area contributed by atoms with Gasteiger partial charge in [0.15, 0.2) is 0 Å². The second-order valence-corrected chi connectivity index (χ2v) is 5.18. The Kier molecular flexibility index (Phi) is 2.23. The highest BCUT2D eigenvalue weighted by molar-refractivity contribution is 5.75. The fourth-order valence-electron chi connectivity index (χ4n) is 3.10. The Hall–Kier alpha value is -2.13. The van der Waals surface area contributed by atoms with Crippen molar-refractivity contribution in [2.24, 2.45) is 5.73 Å². The molecule has 94 valence electrons. The van der Waals surface area contributed by atoms with E-state index < -0.39 is 0 Å². The lowest BCUT2D eigenvalue weighted by Gasteiger charge is -2.13. The monoisotopic (exact) mass is 249 g/mol. The van der Waals surface area contributed by atoms with Gasteiger partial charge in [-0.25, -0.2) is 4.98 Å². The first-order chi connectivity index (χ1) is 9.33. The van der Waals surface area contributed by atoms with Crippen LogP contribution in [0.2, 0.25) is 0 Å². The summed E-state index contributed by atoms with van der Waals surface area (Å²) in [6.07, 6.45) is 0.928. The van der Waals surface area contributed by atoms with Crippen molar-refractivity contribution in [1.82, 2.24) is 9.97 Å². The van der Waals surface area contributed by atoms with Crippen molar-refractivity contribution in [2.75, 3.05) is 0 Å². The minimum atomic E-state index is 0.109. The molecular formula is C16H15N3. The molecular weight excluding hydrogens is 234 g/mol. The third-order valence-corrected chi connectivity index (χ3v) is 3.98. The molecule has 3 heteroatoms. The van der Waals surface area contributed by atoms with Crippen LogP contribution in [0.5, 0.6) is 0 Å². The Labute approximate surface area is 111 Å². The molecule has 1 aliphatic rings. The summed E-state index contributed by atoms with van der Waals surface area (Å²) in [5.74, 6) is 1.17. The fraction of sp³-hybridized carbons (Fsp3) is 0.188. The van der Waals surface area contributed by atoms with Gasteiger partial charge in [-0.15, -0.1) is 0 Å². The van der Waals surface area contributed by atoms with Crippen LogP contribution in [0.1, 0.15) is 22.9 Å². The van der Waals surface area contributed by atoms with Gasteiger partial charge in [0.2, 0.25) is 0 Å². The number of H-pyrrole nitrogens is 1. The third kappa shape index (κ3) is 1.59. The zero-order chi connectivity index (χ0) is 12.8. The van der Waals surface area contributed by atoms with E-state index in [4.69, 9.17) is 10.7 Å². The summed E-state index contributed by atoms with van der Waals surface area (Å²) >= 11 is 0. The Bertz CT molecular complexity index is 711. The van der Waals surface area contributed by atoms with Crippen LogP contribution in [0.15, 0.2) is 48.5 Å². The van der Waals surface area contributed by atoms with Crippen LogP contribution in [-0.2, 0) is 6.42 Å². The van der Waals surface area contributed by atoms with E-state index in [-0.39, 0.29) is 12.0 Å². The first kappa shape index (κ1) is 10.8. The molecule has 0 fully saturated rings. The van der Waals surface area contributed by atoms with E-state index in [0.29, 0.717) is 0 Å². The van der Waals surface area contributed by atoms with Crippen LogP contribution in [0.3, 0.4) is 0 Å². The number of hydrogen-bond donors (Lipinski definition) is 2. The number of rotatable bonds is 1. The molecule has 3 nitrogen and oxygen atoms in total. The van der Waals surface area contributed by atoms with Gasteiger partial charge in [-0.3, -0.25) is 0 Å². The molecule has 0 saturated carbocycles. The average molecular weight is 249 g/mol. The van der Waals surface area contributed by atoms with Crippen molar-refractivity contribution in [1.29, 1.82) is 0 Å². The summed E-state index contributed by atoms with van der Waals surface area (Å²) in [5, 5.41) is 0. The number of nitrogens with zero attached hydrogens (tertiary/aromatic N) is 1. The lowest BCUT2D eigenvalue weighted by molar-refractivity contribution is 0.620.